The molecule has 3 heterocycles. The Kier molecular flexibility index (Phi) is 5.46. The van der Waals surface area contributed by atoms with Gasteiger partial charge in [-0.3, -0.25) is 9.36 Å². The number of benzene rings is 2. The maximum Gasteiger partial charge on any atom is 0.275 e. The van der Waals surface area contributed by atoms with Gasteiger partial charge in [0.15, 0.2) is 11.0 Å². The lowest BCUT2D eigenvalue weighted by Crippen LogP contribution is -2.15. The highest BCUT2D eigenvalue weighted by molar-refractivity contribution is 7.98. The number of rotatable bonds is 6. The van der Waals surface area contributed by atoms with Gasteiger partial charge in [-0.25, -0.2) is 4.98 Å². The average molecular weight is 463 g/mol. The normalized spacial score (nSPS) is 11.2. The van der Waals surface area contributed by atoms with Crippen molar-refractivity contribution in [3.05, 3.63) is 81.7 Å². The molecule has 8 nitrogen and oxygen atoms in total. The van der Waals surface area contributed by atoms with Crippen LogP contribution in [-0.2, 0) is 5.75 Å². The van der Waals surface area contributed by atoms with E-state index in [1.165, 1.54) is 33.7 Å². The van der Waals surface area contributed by atoms with E-state index < -0.39 is 0 Å². The summed E-state index contributed by atoms with van der Waals surface area (Å²) in [5, 5.41) is 14.6. The number of fused-ring (bicyclic) bond motifs is 1. The first-order valence-corrected chi connectivity index (χ1v) is 11.6. The maximum atomic E-state index is 12.4. The van der Waals surface area contributed by atoms with Crippen molar-refractivity contribution >= 4 is 28.1 Å². The third-order valence-corrected chi connectivity index (χ3v) is 6.53. The summed E-state index contributed by atoms with van der Waals surface area (Å²) < 4.78 is 8.61. The van der Waals surface area contributed by atoms with Crippen LogP contribution in [0.3, 0.4) is 0 Å². The number of methoxy groups -OCH3 is 1. The van der Waals surface area contributed by atoms with Crippen LogP contribution >= 0.6 is 23.1 Å². The highest BCUT2D eigenvalue weighted by atomic mass is 32.2. The molecule has 0 aliphatic carbocycles. The van der Waals surface area contributed by atoms with Gasteiger partial charge in [0.25, 0.3) is 5.56 Å². The molecule has 3 aromatic heterocycles. The summed E-state index contributed by atoms with van der Waals surface area (Å²) in [5.41, 5.74) is 2.37. The molecule has 10 heteroatoms. The van der Waals surface area contributed by atoms with Crippen LogP contribution < -0.4 is 10.3 Å². The van der Waals surface area contributed by atoms with Gasteiger partial charge >= 0.3 is 0 Å². The molecule has 5 rings (SSSR count). The molecule has 0 amide bonds. The minimum Gasteiger partial charge on any atom is -0.497 e. The van der Waals surface area contributed by atoms with Crippen LogP contribution in [0.4, 0.5) is 0 Å². The van der Waals surface area contributed by atoms with E-state index in [-0.39, 0.29) is 5.56 Å². The van der Waals surface area contributed by atoms with Gasteiger partial charge in [-0.1, -0.05) is 41.3 Å². The first-order valence-electron chi connectivity index (χ1n) is 9.77. The molecule has 0 bridgehead atoms. The molecular formula is C22H18N6O2S2. The van der Waals surface area contributed by atoms with Gasteiger partial charge in [-0.05, 0) is 43.3 Å². The number of para-hydroxylation sites is 1. The van der Waals surface area contributed by atoms with E-state index in [2.05, 4.69) is 20.3 Å². The summed E-state index contributed by atoms with van der Waals surface area (Å²) in [6.45, 7) is 1.86. The lowest BCUT2D eigenvalue weighted by Gasteiger charge is -2.10. The van der Waals surface area contributed by atoms with Crippen molar-refractivity contribution in [2.75, 3.05) is 7.11 Å². The second-order valence-electron chi connectivity index (χ2n) is 6.90. The molecule has 0 unspecified atom stereocenters. The molecule has 2 aromatic carbocycles. The predicted octanol–water partition coefficient (Wildman–Crippen LogP) is 4.01. The van der Waals surface area contributed by atoms with Crippen LogP contribution in [0.5, 0.6) is 5.75 Å². The molecule has 0 aliphatic rings. The third-order valence-electron chi connectivity index (χ3n) is 4.74. The molecule has 0 saturated carbocycles. The molecule has 5 aromatic rings. The van der Waals surface area contributed by atoms with E-state index in [0.29, 0.717) is 21.6 Å². The molecule has 0 spiro atoms. The lowest BCUT2D eigenvalue weighted by atomic mass is 10.2. The summed E-state index contributed by atoms with van der Waals surface area (Å²) in [5.74, 6) is 1.99. The summed E-state index contributed by atoms with van der Waals surface area (Å²) >= 11 is 2.88. The van der Waals surface area contributed by atoms with Gasteiger partial charge in [-0.2, -0.15) is 9.61 Å². The quantitative estimate of drug-likeness (QED) is 0.352. The fourth-order valence-corrected chi connectivity index (χ4v) is 4.88. The van der Waals surface area contributed by atoms with E-state index >= 15 is 0 Å². The van der Waals surface area contributed by atoms with E-state index in [0.717, 1.165) is 27.8 Å². The molecule has 0 saturated heterocycles. The number of ether oxygens (including phenoxy) is 1. The number of aromatic nitrogens is 6. The summed E-state index contributed by atoms with van der Waals surface area (Å²) in [4.78, 5) is 17.5. The number of nitrogens with zero attached hydrogens (tertiary/aromatic N) is 6. The van der Waals surface area contributed by atoms with Crippen LogP contribution in [0.1, 0.15) is 10.7 Å². The third kappa shape index (κ3) is 3.90. The predicted molar refractivity (Wildman–Crippen MR) is 125 cm³/mol. The highest BCUT2D eigenvalue weighted by Crippen LogP contribution is 2.30. The molecule has 0 fully saturated rings. The number of thioether (sulfide) groups is 1. The van der Waals surface area contributed by atoms with Gasteiger partial charge in [0.2, 0.25) is 4.96 Å². The van der Waals surface area contributed by atoms with Crippen molar-refractivity contribution < 1.29 is 4.74 Å². The fourth-order valence-electron chi connectivity index (χ4n) is 3.26. The van der Waals surface area contributed by atoms with Gasteiger partial charge in [-0.15, -0.1) is 10.2 Å². The van der Waals surface area contributed by atoms with Crippen molar-refractivity contribution in [1.82, 2.24) is 29.4 Å². The number of aryl methyl sites for hydroxylation is 1. The minimum absolute atomic E-state index is 0.182. The van der Waals surface area contributed by atoms with Crippen molar-refractivity contribution in [1.29, 1.82) is 0 Å². The average Bonchev–Trinajstić information content (AvgIpc) is 3.41. The second-order valence-corrected chi connectivity index (χ2v) is 9.00. The largest absolute Gasteiger partial charge is 0.497 e. The maximum absolute atomic E-state index is 12.4. The van der Waals surface area contributed by atoms with E-state index in [4.69, 9.17) is 4.74 Å². The van der Waals surface area contributed by atoms with Crippen molar-refractivity contribution in [2.45, 2.75) is 17.8 Å². The number of hydrogen-bond donors (Lipinski definition) is 0. The highest BCUT2D eigenvalue weighted by Gasteiger charge is 2.17. The fraction of sp³-hybridized carbons (Fsp3) is 0.136. The van der Waals surface area contributed by atoms with E-state index in [1.807, 2.05) is 66.1 Å². The smallest absolute Gasteiger partial charge is 0.275 e. The van der Waals surface area contributed by atoms with Crippen LogP contribution in [0.15, 0.2) is 70.6 Å². The zero-order chi connectivity index (χ0) is 22.1. The van der Waals surface area contributed by atoms with Crippen molar-refractivity contribution in [2.24, 2.45) is 0 Å². The van der Waals surface area contributed by atoms with Gasteiger partial charge in [0.1, 0.15) is 10.8 Å². The Balaban J connectivity index is 1.51. The number of hydrogen-bond acceptors (Lipinski definition) is 8. The van der Waals surface area contributed by atoms with Crippen molar-refractivity contribution in [3.8, 4) is 22.8 Å². The summed E-state index contributed by atoms with van der Waals surface area (Å²) in [7, 11) is 1.64. The van der Waals surface area contributed by atoms with E-state index in [9.17, 15) is 4.79 Å². The van der Waals surface area contributed by atoms with Crippen LogP contribution in [0.2, 0.25) is 0 Å². The zero-order valence-corrected chi connectivity index (χ0v) is 18.9. The monoisotopic (exact) mass is 462 g/mol. The van der Waals surface area contributed by atoms with E-state index in [1.54, 1.807) is 7.11 Å². The second kappa shape index (κ2) is 8.56. The molecule has 0 aliphatic heterocycles. The standard InChI is InChI=1S/C22H18N6O2S2/c1-14-26-28-19(29)12-16(23-21(28)32-14)13-31-22-25-24-20(15-8-10-18(30-2)11-9-15)27(22)17-6-4-3-5-7-17/h3-12H,13H2,1-2H3. The Morgan fingerprint density at radius 1 is 1.06 bits per heavy atom. The Labute approximate surface area is 191 Å². The first-order chi connectivity index (χ1) is 15.6. The van der Waals surface area contributed by atoms with Gasteiger partial charge in [0, 0.05) is 23.1 Å². The Bertz CT molecular complexity index is 1440. The molecule has 160 valence electrons. The molecular weight excluding hydrogens is 444 g/mol. The molecule has 0 N–H and O–H groups in total. The SMILES string of the molecule is COc1ccc(-c2nnc(SCc3cc(=O)n4nc(C)sc4n3)n2-c2ccccc2)cc1. The Morgan fingerprint density at radius 3 is 2.59 bits per heavy atom. The minimum atomic E-state index is -0.182. The Morgan fingerprint density at radius 2 is 1.84 bits per heavy atom. The van der Waals surface area contributed by atoms with Crippen LogP contribution in [-0.4, -0.2) is 36.5 Å². The van der Waals surface area contributed by atoms with Gasteiger partial charge in [0.05, 0.1) is 12.8 Å². The molecule has 32 heavy (non-hydrogen) atoms. The topological polar surface area (TPSA) is 87.2 Å². The molecule has 0 radical (unpaired) electrons. The zero-order valence-electron chi connectivity index (χ0n) is 17.3. The Hall–Kier alpha value is -3.50. The van der Waals surface area contributed by atoms with Crippen molar-refractivity contribution in [3.63, 3.8) is 0 Å². The van der Waals surface area contributed by atoms with Crippen LogP contribution in [0, 0.1) is 6.92 Å². The first kappa shape index (κ1) is 20.4. The lowest BCUT2D eigenvalue weighted by molar-refractivity contribution is 0.415. The summed E-state index contributed by atoms with van der Waals surface area (Å²) in [6.07, 6.45) is 0. The van der Waals surface area contributed by atoms with Crippen LogP contribution in [0.25, 0.3) is 22.0 Å². The molecule has 0 atom stereocenters. The summed E-state index contributed by atoms with van der Waals surface area (Å²) in [6, 6.07) is 19.2. The van der Waals surface area contributed by atoms with Gasteiger partial charge < -0.3 is 4.74 Å².